The SMILES string of the molecule is CC(C)C[C@@H]1NCCN(CC(=O)N2CCC(CCC(N)=O)CC2)C1=O. The fraction of sp³-hybridized carbons (Fsp3) is 0.833. The van der Waals surface area contributed by atoms with E-state index in [1.54, 1.807) is 4.90 Å². The number of piperidine rings is 1. The van der Waals surface area contributed by atoms with Crippen LogP contribution in [0.2, 0.25) is 0 Å². The predicted molar refractivity (Wildman–Crippen MR) is 95.6 cm³/mol. The molecule has 0 bridgehead atoms. The molecule has 0 saturated carbocycles. The number of carbonyl (C=O) groups excluding carboxylic acids is 3. The molecule has 2 aliphatic rings. The lowest BCUT2D eigenvalue weighted by molar-refractivity contribution is -0.144. The maximum Gasteiger partial charge on any atom is 0.242 e. The van der Waals surface area contributed by atoms with Gasteiger partial charge in [-0.25, -0.2) is 0 Å². The summed E-state index contributed by atoms with van der Waals surface area (Å²) in [5.74, 6) is 0.729. The molecule has 1 atom stereocenters. The summed E-state index contributed by atoms with van der Waals surface area (Å²) < 4.78 is 0. The molecule has 0 aromatic heterocycles. The predicted octanol–water partition coefficient (Wildman–Crippen LogP) is 0.337. The van der Waals surface area contributed by atoms with E-state index >= 15 is 0 Å². The van der Waals surface area contributed by atoms with E-state index in [1.807, 2.05) is 4.90 Å². The van der Waals surface area contributed by atoms with Gasteiger partial charge in [-0.2, -0.15) is 0 Å². The first kappa shape index (κ1) is 19.7. The molecule has 0 aromatic rings. The second-order valence-electron chi connectivity index (χ2n) is 7.73. The van der Waals surface area contributed by atoms with Crippen LogP contribution in [0.15, 0.2) is 0 Å². The van der Waals surface area contributed by atoms with Crippen LogP contribution >= 0.6 is 0 Å². The van der Waals surface area contributed by atoms with Crippen molar-refractivity contribution in [2.45, 2.75) is 52.0 Å². The third-order valence-corrected chi connectivity index (χ3v) is 5.18. The fourth-order valence-electron chi connectivity index (χ4n) is 3.68. The molecule has 2 fully saturated rings. The monoisotopic (exact) mass is 352 g/mol. The highest BCUT2D eigenvalue weighted by Crippen LogP contribution is 2.22. The van der Waals surface area contributed by atoms with Crippen LogP contribution in [0.25, 0.3) is 0 Å². The number of nitrogens with one attached hydrogen (secondary N) is 1. The molecule has 7 nitrogen and oxygen atoms in total. The summed E-state index contributed by atoms with van der Waals surface area (Å²) in [6.45, 7) is 7.12. The van der Waals surface area contributed by atoms with Gasteiger partial charge in [0.05, 0.1) is 12.6 Å². The molecule has 0 radical (unpaired) electrons. The van der Waals surface area contributed by atoms with Gasteiger partial charge in [-0.3, -0.25) is 14.4 Å². The Labute approximate surface area is 150 Å². The van der Waals surface area contributed by atoms with Crippen LogP contribution in [-0.4, -0.2) is 66.3 Å². The molecule has 0 spiro atoms. The van der Waals surface area contributed by atoms with Gasteiger partial charge in [-0.1, -0.05) is 13.8 Å². The Morgan fingerprint density at radius 2 is 1.92 bits per heavy atom. The van der Waals surface area contributed by atoms with Crippen LogP contribution < -0.4 is 11.1 Å². The smallest absolute Gasteiger partial charge is 0.242 e. The summed E-state index contributed by atoms with van der Waals surface area (Å²) in [6.07, 6.45) is 3.85. The first-order valence-corrected chi connectivity index (χ1v) is 9.45. The number of nitrogens with two attached hydrogens (primary N) is 1. The average molecular weight is 352 g/mol. The first-order valence-electron chi connectivity index (χ1n) is 9.45. The maximum atomic E-state index is 12.6. The minimum absolute atomic E-state index is 0.0342. The largest absolute Gasteiger partial charge is 0.370 e. The lowest BCUT2D eigenvalue weighted by Gasteiger charge is -2.36. The van der Waals surface area contributed by atoms with E-state index in [9.17, 15) is 14.4 Å². The van der Waals surface area contributed by atoms with Crippen LogP contribution in [0.1, 0.15) is 46.0 Å². The Morgan fingerprint density at radius 3 is 2.52 bits per heavy atom. The van der Waals surface area contributed by atoms with Crippen molar-refractivity contribution in [3.8, 4) is 0 Å². The van der Waals surface area contributed by atoms with Crippen LogP contribution in [-0.2, 0) is 14.4 Å². The Hall–Kier alpha value is -1.63. The highest BCUT2D eigenvalue weighted by Gasteiger charge is 2.31. The molecule has 2 rings (SSSR count). The van der Waals surface area contributed by atoms with E-state index in [4.69, 9.17) is 5.73 Å². The van der Waals surface area contributed by atoms with Gasteiger partial charge in [-0.15, -0.1) is 0 Å². The van der Waals surface area contributed by atoms with E-state index < -0.39 is 0 Å². The van der Waals surface area contributed by atoms with Crippen LogP contribution in [0.3, 0.4) is 0 Å². The zero-order chi connectivity index (χ0) is 18.4. The molecule has 0 aromatic carbocycles. The Balaban J connectivity index is 1.78. The van der Waals surface area contributed by atoms with Gasteiger partial charge < -0.3 is 20.9 Å². The van der Waals surface area contributed by atoms with Gasteiger partial charge >= 0.3 is 0 Å². The lowest BCUT2D eigenvalue weighted by Crippen LogP contribution is -2.57. The number of primary amides is 1. The van der Waals surface area contributed by atoms with Gasteiger partial charge in [0.1, 0.15) is 0 Å². The number of hydrogen-bond donors (Lipinski definition) is 2. The van der Waals surface area contributed by atoms with E-state index in [1.165, 1.54) is 0 Å². The Kier molecular flexibility index (Phi) is 7.23. The van der Waals surface area contributed by atoms with Gasteiger partial charge in [0.2, 0.25) is 17.7 Å². The number of hydrogen-bond acceptors (Lipinski definition) is 4. The minimum Gasteiger partial charge on any atom is -0.370 e. The molecule has 0 aliphatic carbocycles. The van der Waals surface area contributed by atoms with Crippen LogP contribution in [0, 0.1) is 11.8 Å². The van der Waals surface area contributed by atoms with E-state index in [0.29, 0.717) is 37.9 Å². The van der Waals surface area contributed by atoms with Crippen molar-refractivity contribution in [3.05, 3.63) is 0 Å². The molecule has 3 amide bonds. The van der Waals surface area contributed by atoms with Crippen LogP contribution in [0.4, 0.5) is 0 Å². The highest BCUT2D eigenvalue weighted by atomic mass is 16.2. The summed E-state index contributed by atoms with van der Waals surface area (Å²) in [5, 5.41) is 3.26. The van der Waals surface area contributed by atoms with Crippen molar-refractivity contribution in [1.29, 1.82) is 0 Å². The van der Waals surface area contributed by atoms with Gasteiger partial charge in [0.15, 0.2) is 0 Å². The van der Waals surface area contributed by atoms with Crippen molar-refractivity contribution in [1.82, 2.24) is 15.1 Å². The Bertz CT molecular complexity index is 487. The fourth-order valence-corrected chi connectivity index (χ4v) is 3.68. The number of amides is 3. The quantitative estimate of drug-likeness (QED) is 0.690. The zero-order valence-corrected chi connectivity index (χ0v) is 15.5. The van der Waals surface area contributed by atoms with Gasteiger partial charge in [0, 0.05) is 32.6 Å². The summed E-state index contributed by atoms with van der Waals surface area (Å²) in [7, 11) is 0. The van der Waals surface area contributed by atoms with E-state index in [-0.39, 0.29) is 30.3 Å². The molecule has 0 unspecified atom stereocenters. The normalized spacial score (nSPS) is 22.5. The zero-order valence-electron chi connectivity index (χ0n) is 15.5. The number of likely N-dealkylation sites (tertiary alicyclic amines) is 1. The molecule has 2 aliphatic heterocycles. The van der Waals surface area contributed by atoms with Crippen molar-refractivity contribution in [2.24, 2.45) is 17.6 Å². The van der Waals surface area contributed by atoms with Crippen molar-refractivity contribution >= 4 is 17.7 Å². The minimum atomic E-state index is -0.258. The number of rotatable bonds is 7. The molecule has 25 heavy (non-hydrogen) atoms. The molecule has 142 valence electrons. The molecule has 2 saturated heterocycles. The summed E-state index contributed by atoms with van der Waals surface area (Å²) in [6, 6.07) is -0.166. The topological polar surface area (TPSA) is 95.7 Å². The number of carbonyl (C=O) groups is 3. The lowest BCUT2D eigenvalue weighted by atomic mass is 9.92. The second kappa shape index (κ2) is 9.17. The number of nitrogens with zero attached hydrogens (tertiary/aromatic N) is 2. The highest BCUT2D eigenvalue weighted by molar-refractivity contribution is 5.88. The van der Waals surface area contributed by atoms with Crippen molar-refractivity contribution in [2.75, 3.05) is 32.7 Å². The standard InChI is InChI=1S/C18H32N4O3/c1-13(2)11-15-18(25)22(10-7-20-15)12-17(24)21-8-5-14(6-9-21)3-4-16(19)23/h13-15,20H,3-12H2,1-2H3,(H2,19,23)/t15-/m0/s1. The summed E-state index contributed by atoms with van der Waals surface area (Å²) >= 11 is 0. The Morgan fingerprint density at radius 1 is 1.24 bits per heavy atom. The maximum absolute atomic E-state index is 12.6. The van der Waals surface area contributed by atoms with E-state index in [2.05, 4.69) is 19.2 Å². The molecular formula is C18H32N4O3. The summed E-state index contributed by atoms with van der Waals surface area (Å²) in [5.41, 5.74) is 5.20. The molecule has 3 N–H and O–H groups in total. The second-order valence-corrected chi connectivity index (χ2v) is 7.73. The number of piperazine rings is 1. The molecule has 7 heteroatoms. The first-order chi connectivity index (χ1) is 11.9. The van der Waals surface area contributed by atoms with E-state index in [0.717, 1.165) is 32.2 Å². The van der Waals surface area contributed by atoms with Gasteiger partial charge in [0.25, 0.3) is 0 Å². The van der Waals surface area contributed by atoms with Crippen molar-refractivity contribution < 1.29 is 14.4 Å². The average Bonchev–Trinajstić information content (AvgIpc) is 2.56. The van der Waals surface area contributed by atoms with Crippen molar-refractivity contribution in [3.63, 3.8) is 0 Å². The van der Waals surface area contributed by atoms with Gasteiger partial charge in [-0.05, 0) is 37.5 Å². The summed E-state index contributed by atoms with van der Waals surface area (Å²) in [4.78, 5) is 39.5. The van der Waals surface area contributed by atoms with Crippen LogP contribution in [0.5, 0.6) is 0 Å². The molecule has 2 heterocycles. The third kappa shape index (κ3) is 5.99. The molecular weight excluding hydrogens is 320 g/mol. The third-order valence-electron chi connectivity index (χ3n) is 5.18.